The second kappa shape index (κ2) is 6.88. The van der Waals surface area contributed by atoms with Crippen LogP contribution >= 0.6 is 0 Å². The van der Waals surface area contributed by atoms with Crippen molar-refractivity contribution in [1.29, 1.82) is 0 Å². The summed E-state index contributed by atoms with van der Waals surface area (Å²) in [5.74, 6) is -1.68. The molecule has 1 aromatic rings. The van der Waals surface area contributed by atoms with Gasteiger partial charge in [0.05, 0.1) is 5.56 Å². The van der Waals surface area contributed by atoms with Gasteiger partial charge in [0.15, 0.2) is 6.10 Å². The minimum atomic E-state index is -0.924. The van der Waals surface area contributed by atoms with Crippen molar-refractivity contribution in [3.05, 3.63) is 29.6 Å². The van der Waals surface area contributed by atoms with Crippen molar-refractivity contribution in [2.75, 3.05) is 18.8 Å². The molecule has 1 unspecified atom stereocenters. The zero-order valence-electron chi connectivity index (χ0n) is 11.9. The van der Waals surface area contributed by atoms with E-state index >= 15 is 0 Å². The summed E-state index contributed by atoms with van der Waals surface area (Å²) in [5.41, 5.74) is 5.57. The number of rotatable bonds is 5. The van der Waals surface area contributed by atoms with Crippen LogP contribution in [0.15, 0.2) is 18.2 Å². The predicted octanol–water partition coefficient (Wildman–Crippen LogP) is 1.82. The molecule has 1 atom stereocenters. The van der Waals surface area contributed by atoms with Gasteiger partial charge in [0.1, 0.15) is 5.82 Å². The van der Waals surface area contributed by atoms with E-state index in [1.54, 1.807) is 4.90 Å². The van der Waals surface area contributed by atoms with E-state index in [1.165, 1.54) is 13.0 Å². The fraction of sp³-hybridized carbons (Fsp3) is 0.429. The van der Waals surface area contributed by atoms with Crippen LogP contribution in [0.1, 0.15) is 31.1 Å². The highest BCUT2D eigenvalue weighted by Gasteiger charge is 2.22. The molecule has 0 saturated heterocycles. The standard InChI is InChI=1S/C14H19FN2O3/c1-4-17(5-2)13(18)9(3)20-14(19)10-6-11(15)8-12(16)7-10/h6-9H,4-5,16H2,1-3H3. The van der Waals surface area contributed by atoms with Crippen LogP contribution in [-0.2, 0) is 9.53 Å². The van der Waals surface area contributed by atoms with Crippen molar-refractivity contribution in [2.24, 2.45) is 0 Å². The third-order valence-corrected chi connectivity index (χ3v) is 2.86. The summed E-state index contributed by atoms with van der Waals surface area (Å²) >= 11 is 0. The molecule has 0 aliphatic heterocycles. The van der Waals surface area contributed by atoms with Crippen LogP contribution in [0.4, 0.5) is 10.1 Å². The molecule has 1 aromatic carbocycles. The quantitative estimate of drug-likeness (QED) is 0.660. The molecule has 0 radical (unpaired) electrons. The summed E-state index contributed by atoms with van der Waals surface area (Å²) < 4.78 is 18.2. The van der Waals surface area contributed by atoms with Crippen LogP contribution in [0, 0.1) is 5.82 Å². The van der Waals surface area contributed by atoms with Crippen molar-refractivity contribution in [3.8, 4) is 0 Å². The molecular weight excluding hydrogens is 263 g/mol. The van der Waals surface area contributed by atoms with Crippen molar-refractivity contribution in [3.63, 3.8) is 0 Å². The number of halogens is 1. The maximum Gasteiger partial charge on any atom is 0.339 e. The summed E-state index contributed by atoms with van der Waals surface area (Å²) in [5, 5.41) is 0. The highest BCUT2D eigenvalue weighted by atomic mass is 19.1. The molecule has 20 heavy (non-hydrogen) atoms. The Labute approximate surface area is 117 Å². The Kier molecular flexibility index (Phi) is 5.49. The number of benzene rings is 1. The highest BCUT2D eigenvalue weighted by molar-refractivity contribution is 5.93. The monoisotopic (exact) mass is 282 g/mol. The average Bonchev–Trinajstić information content (AvgIpc) is 2.38. The van der Waals surface area contributed by atoms with Crippen LogP contribution in [0.2, 0.25) is 0 Å². The number of hydrogen-bond acceptors (Lipinski definition) is 4. The Balaban J connectivity index is 2.77. The van der Waals surface area contributed by atoms with Gasteiger partial charge in [-0.25, -0.2) is 9.18 Å². The Morgan fingerprint density at radius 1 is 1.30 bits per heavy atom. The van der Waals surface area contributed by atoms with Gasteiger partial charge in [0, 0.05) is 18.8 Å². The number of nitrogens with two attached hydrogens (primary N) is 1. The van der Waals surface area contributed by atoms with Crippen molar-refractivity contribution < 1.29 is 18.7 Å². The lowest BCUT2D eigenvalue weighted by Crippen LogP contribution is -2.39. The number of nitrogen functional groups attached to an aromatic ring is 1. The van der Waals surface area contributed by atoms with E-state index in [2.05, 4.69) is 0 Å². The number of carbonyl (C=O) groups excluding carboxylic acids is 2. The van der Waals surface area contributed by atoms with Crippen LogP contribution in [0.3, 0.4) is 0 Å². The number of anilines is 1. The lowest BCUT2D eigenvalue weighted by atomic mass is 10.2. The molecule has 0 heterocycles. The number of ether oxygens (including phenoxy) is 1. The zero-order valence-corrected chi connectivity index (χ0v) is 11.9. The van der Waals surface area contributed by atoms with Crippen LogP contribution in [-0.4, -0.2) is 36.0 Å². The van der Waals surface area contributed by atoms with Crippen molar-refractivity contribution in [1.82, 2.24) is 4.90 Å². The number of carbonyl (C=O) groups is 2. The van der Waals surface area contributed by atoms with Crippen LogP contribution in [0.5, 0.6) is 0 Å². The lowest BCUT2D eigenvalue weighted by Gasteiger charge is -2.22. The predicted molar refractivity (Wildman–Crippen MR) is 73.6 cm³/mol. The molecular formula is C14H19FN2O3. The van der Waals surface area contributed by atoms with Crippen molar-refractivity contribution in [2.45, 2.75) is 26.9 Å². The molecule has 1 amide bonds. The first-order valence-corrected chi connectivity index (χ1v) is 6.44. The molecule has 2 N–H and O–H groups in total. The van der Waals surface area contributed by atoms with Gasteiger partial charge in [-0.05, 0) is 39.0 Å². The summed E-state index contributed by atoms with van der Waals surface area (Å²) in [7, 11) is 0. The van der Waals surface area contributed by atoms with E-state index < -0.39 is 17.9 Å². The zero-order chi connectivity index (χ0) is 15.3. The first-order chi connectivity index (χ1) is 9.38. The van der Waals surface area contributed by atoms with E-state index in [1.807, 2.05) is 13.8 Å². The van der Waals surface area contributed by atoms with Gasteiger partial charge in [-0.2, -0.15) is 0 Å². The minimum absolute atomic E-state index is 0.0123. The van der Waals surface area contributed by atoms with Gasteiger partial charge >= 0.3 is 5.97 Å². The van der Waals surface area contributed by atoms with Crippen LogP contribution < -0.4 is 5.73 Å². The Hall–Kier alpha value is -2.11. The van der Waals surface area contributed by atoms with E-state index in [9.17, 15) is 14.0 Å². The summed E-state index contributed by atoms with van der Waals surface area (Å²) in [4.78, 5) is 25.4. The smallest absolute Gasteiger partial charge is 0.339 e. The first-order valence-electron chi connectivity index (χ1n) is 6.44. The first kappa shape index (κ1) is 15.9. The highest BCUT2D eigenvalue weighted by Crippen LogP contribution is 2.13. The van der Waals surface area contributed by atoms with Crippen LogP contribution in [0.25, 0.3) is 0 Å². The maximum absolute atomic E-state index is 13.2. The molecule has 0 aliphatic carbocycles. The average molecular weight is 282 g/mol. The Bertz CT molecular complexity index is 481. The van der Waals surface area contributed by atoms with E-state index in [-0.39, 0.29) is 17.2 Å². The molecule has 5 nitrogen and oxygen atoms in total. The number of likely N-dealkylation sites (N-methyl/N-ethyl adjacent to an activating group) is 1. The molecule has 0 bridgehead atoms. The molecule has 0 aliphatic rings. The largest absolute Gasteiger partial charge is 0.449 e. The summed E-state index contributed by atoms with van der Waals surface area (Å²) in [6, 6.07) is 3.43. The Morgan fingerprint density at radius 3 is 2.40 bits per heavy atom. The maximum atomic E-state index is 13.2. The van der Waals surface area contributed by atoms with E-state index in [0.29, 0.717) is 13.1 Å². The summed E-state index contributed by atoms with van der Waals surface area (Å²) in [6.07, 6.45) is -0.924. The Morgan fingerprint density at radius 2 is 1.90 bits per heavy atom. The molecule has 0 spiro atoms. The molecule has 1 rings (SSSR count). The summed E-state index contributed by atoms with van der Waals surface area (Å²) in [6.45, 7) is 6.22. The molecule has 0 fully saturated rings. The second-order valence-electron chi connectivity index (χ2n) is 4.33. The number of esters is 1. The topological polar surface area (TPSA) is 72.6 Å². The third-order valence-electron chi connectivity index (χ3n) is 2.86. The van der Waals surface area contributed by atoms with Gasteiger partial charge in [0.25, 0.3) is 5.91 Å². The number of nitrogens with zero attached hydrogens (tertiary/aromatic N) is 1. The van der Waals surface area contributed by atoms with Gasteiger partial charge in [0.2, 0.25) is 0 Å². The number of hydrogen-bond donors (Lipinski definition) is 1. The molecule has 110 valence electrons. The minimum Gasteiger partial charge on any atom is -0.449 e. The third kappa shape index (κ3) is 3.94. The SMILES string of the molecule is CCN(CC)C(=O)C(C)OC(=O)c1cc(N)cc(F)c1. The van der Waals surface area contributed by atoms with Gasteiger partial charge in [-0.1, -0.05) is 0 Å². The van der Waals surface area contributed by atoms with Crippen molar-refractivity contribution >= 4 is 17.6 Å². The van der Waals surface area contributed by atoms with Gasteiger partial charge < -0.3 is 15.4 Å². The fourth-order valence-corrected chi connectivity index (χ4v) is 1.80. The fourth-order valence-electron chi connectivity index (χ4n) is 1.80. The number of amides is 1. The molecule has 6 heteroatoms. The normalized spacial score (nSPS) is 11.8. The van der Waals surface area contributed by atoms with E-state index in [0.717, 1.165) is 12.1 Å². The van der Waals surface area contributed by atoms with Gasteiger partial charge in [-0.3, -0.25) is 4.79 Å². The lowest BCUT2D eigenvalue weighted by molar-refractivity contribution is -0.139. The van der Waals surface area contributed by atoms with E-state index in [4.69, 9.17) is 10.5 Å². The second-order valence-corrected chi connectivity index (χ2v) is 4.33. The molecule has 0 aromatic heterocycles. The molecule has 0 saturated carbocycles. The van der Waals surface area contributed by atoms with Gasteiger partial charge in [-0.15, -0.1) is 0 Å².